The third kappa shape index (κ3) is 6.77. The van der Waals surface area contributed by atoms with E-state index in [9.17, 15) is 14.4 Å². The van der Waals surface area contributed by atoms with Gasteiger partial charge in [0.05, 0.1) is 6.42 Å². The van der Waals surface area contributed by atoms with E-state index < -0.39 is 12.1 Å². The van der Waals surface area contributed by atoms with Gasteiger partial charge < -0.3 is 24.4 Å². The average Bonchev–Trinajstić information content (AvgIpc) is 2.90. The number of ether oxygens (including phenoxy) is 2. The van der Waals surface area contributed by atoms with Crippen molar-refractivity contribution in [3.8, 4) is 11.5 Å². The van der Waals surface area contributed by atoms with Crippen LogP contribution in [0.1, 0.15) is 60.9 Å². The van der Waals surface area contributed by atoms with Gasteiger partial charge in [0.15, 0.2) is 0 Å². The molecule has 2 aromatic carbocycles. The molecule has 8 heteroatoms. The molecule has 2 amide bonds. The molecule has 1 saturated heterocycles. The third-order valence-corrected chi connectivity index (χ3v) is 7.03. The van der Waals surface area contributed by atoms with Gasteiger partial charge in [-0.15, -0.1) is 0 Å². The fourth-order valence-corrected chi connectivity index (χ4v) is 4.88. The molecule has 1 aliphatic carbocycles. The van der Waals surface area contributed by atoms with E-state index in [1.807, 2.05) is 11.9 Å². The lowest BCUT2D eigenvalue weighted by Crippen LogP contribution is -2.43. The number of carbonyl (C=O) groups excluding carboxylic acids is 2. The second-order valence-corrected chi connectivity index (χ2v) is 9.62. The highest BCUT2D eigenvalue weighted by Crippen LogP contribution is 2.24. The number of amides is 2. The predicted octanol–water partition coefficient (Wildman–Crippen LogP) is 4.76. The number of piperidine rings is 1. The van der Waals surface area contributed by atoms with Crippen molar-refractivity contribution in [2.45, 2.75) is 63.5 Å². The van der Waals surface area contributed by atoms with Crippen molar-refractivity contribution >= 4 is 18.0 Å². The smallest absolute Gasteiger partial charge is 0.415 e. The van der Waals surface area contributed by atoms with Gasteiger partial charge in [-0.2, -0.15) is 0 Å². The predicted molar refractivity (Wildman–Crippen MR) is 134 cm³/mol. The first kappa shape index (κ1) is 25.5. The second-order valence-electron chi connectivity index (χ2n) is 9.62. The number of hydrogen-bond donors (Lipinski definition) is 1. The summed E-state index contributed by atoms with van der Waals surface area (Å²) in [5.74, 6) is 0.235. The van der Waals surface area contributed by atoms with Crippen molar-refractivity contribution < 1.29 is 29.0 Å². The molecule has 1 aliphatic heterocycles. The molecule has 0 radical (unpaired) electrons. The molecule has 8 nitrogen and oxygen atoms in total. The summed E-state index contributed by atoms with van der Waals surface area (Å²) in [6.07, 6.45) is 6.59. The van der Waals surface area contributed by atoms with Gasteiger partial charge in [-0.05, 0) is 54.8 Å². The topological polar surface area (TPSA) is 96.4 Å². The Hall–Kier alpha value is -3.55. The summed E-state index contributed by atoms with van der Waals surface area (Å²) in [5, 5.41) is 8.87. The molecule has 1 heterocycles. The number of hydrogen-bond acceptors (Lipinski definition) is 5. The van der Waals surface area contributed by atoms with Gasteiger partial charge in [0.1, 0.15) is 17.6 Å². The SMILES string of the molecule is CN(C(=O)c1ccc(OC(=O)N2CCC(Oc3ccc(CC(=O)O)cc3)CC2)cc1)C1CCCCC1. The molecule has 0 atom stereocenters. The summed E-state index contributed by atoms with van der Waals surface area (Å²) in [7, 11) is 1.87. The van der Waals surface area contributed by atoms with Crippen LogP contribution in [-0.2, 0) is 11.2 Å². The largest absolute Gasteiger partial charge is 0.490 e. The van der Waals surface area contributed by atoms with Crippen molar-refractivity contribution in [3.63, 3.8) is 0 Å². The maximum absolute atomic E-state index is 12.8. The molecule has 2 fully saturated rings. The molecule has 192 valence electrons. The first-order chi connectivity index (χ1) is 17.4. The van der Waals surface area contributed by atoms with Crippen LogP contribution in [0.4, 0.5) is 4.79 Å². The van der Waals surface area contributed by atoms with Crippen LogP contribution in [0.2, 0.25) is 0 Å². The van der Waals surface area contributed by atoms with E-state index in [0.717, 1.165) is 18.4 Å². The standard InChI is InChI=1S/C28H34N2O6/c1-29(22-5-3-2-4-6-22)27(33)21-9-13-24(14-10-21)36-28(34)30-17-15-25(16-18-30)35-23-11-7-20(8-12-23)19-26(31)32/h7-14,22,25H,2-6,15-19H2,1H3,(H,31,32). The number of carboxylic acid groups (broad SMARTS) is 1. The highest BCUT2D eigenvalue weighted by atomic mass is 16.6. The van der Waals surface area contributed by atoms with E-state index in [2.05, 4.69) is 0 Å². The zero-order valence-electron chi connectivity index (χ0n) is 20.7. The molecule has 2 aliphatic rings. The zero-order valence-corrected chi connectivity index (χ0v) is 20.7. The van der Waals surface area contributed by atoms with Gasteiger partial charge in [0.2, 0.25) is 0 Å². The minimum absolute atomic E-state index is 0.00151. The van der Waals surface area contributed by atoms with Crippen molar-refractivity contribution in [2.24, 2.45) is 0 Å². The van der Waals surface area contributed by atoms with Gasteiger partial charge in [-0.25, -0.2) is 4.79 Å². The molecule has 4 rings (SSSR count). The number of nitrogens with zero attached hydrogens (tertiary/aromatic N) is 2. The van der Waals surface area contributed by atoms with Gasteiger partial charge in [0.25, 0.3) is 5.91 Å². The maximum atomic E-state index is 12.8. The number of likely N-dealkylation sites (tertiary alicyclic amines) is 1. The molecule has 0 unspecified atom stereocenters. The zero-order chi connectivity index (χ0) is 25.5. The van der Waals surface area contributed by atoms with Crippen LogP contribution in [0.3, 0.4) is 0 Å². The Morgan fingerprint density at radius 1 is 0.889 bits per heavy atom. The van der Waals surface area contributed by atoms with Crippen LogP contribution >= 0.6 is 0 Å². The quantitative estimate of drug-likeness (QED) is 0.596. The Morgan fingerprint density at radius 2 is 1.50 bits per heavy atom. The number of carboxylic acids is 1. The fourth-order valence-electron chi connectivity index (χ4n) is 4.88. The van der Waals surface area contributed by atoms with E-state index >= 15 is 0 Å². The number of rotatable bonds is 7. The Morgan fingerprint density at radius 3 is 2.11 bits per heavy atom. The van der Waals surface area contributed by atoms with E-state index in [1.54, 1.807) is 53.4 Å². The highest BCUT2D eigenvalue weighted by Gasteiger charge is 2.26. The lowest BCUT2D eigenvalue weighted by Gasteiger charge is -2.31. The summed E-state index contributed by atoms with van der Waals surface area (Å²) in [4.78, 5) is 39.8. The van der Waals surface area contributed by atoms with Crippen molar-refractivity contribution in [3.05, 3.63) is 59.7 Å². The molecule has 36 heavy (non-hydrogen) atoms. The van der Waals surface area contributed by atoms with Crippen LogP contribution in [0.15, 0.2) is 48.5 Å². The second kappa shape index (κ2) is 11.9. The fraction of sp³-hybridized carbons (Fsp3) is 0.464. The molecule has 1 saturated carbocycles. The molecule has 2 aromatic rings. The van der Waals surface area contributed by atoms with E-state index in [0.29, 0.717) is 49.0 Å². The number of carbonyl (C=O) groups is 3. The van der Waals surface area contributed by atoms with Crippen LogP contribution in [-0.4, -0.2) is 65.2 Å². The van der Waals surface area contributed by atoms with Crippen LogP contribution in [0.5, 0.6) is 11.5 Å². The minimum Gasteiger partial charge on any atom is -0.490 e. The summed E-state index contributed by atoms with van der Waals surface area (Å²) >= 11 is 0. The first-order valence-electron chi connectivity index (χ1n) is 12.7. The summed E-state index contributed by atoms with van der Waals surface area (Å²) in [5.41, 5.74) is 1.32. The summed E-state index contributed by atoms with van der Waals surface area (Å²) < 4.78 is 11.5. The van der Waals surface area contributed by atoms with Gasteiger partial charge in [-0.1, -0.05) is 31.4 Å². The average molecular weight is 495 g/mol. The van der Waals surface area contributed by atoms with Crippen LogP contribution in [0.25, 0.3) is 0 Å². The summed E-state index contributed by atoms with van der Waals surface area (Å²) in [6.45, 7) is 1.03. The van der Waals surface area contributed by atoms with Gasteiger partial charge in [-0.3, -0.25) is 9.59 Å². The van der Waals surface area contributed by atoms with Gasteiger partial charge in [0, 0.05) is 44.6 Å². The summed E-state index contributed by atoms with van der Waals surface area (Å²) in [6, 6.07) is 14.1. The Kier molecular flexibility index (Phi) is 8.46. The van der Waals surface area contributed by atoms with Gasteiger partial charge >= 0.3 is 12.1 Å². The monoisotopic (exact) mass is 494 g/mol. The van der Waals surface area contributed by atoms with Crippen molar-refractivity contribution in [1.29, 1.82) is 0 Å². The lowest BCUT2D eigenvalue weighted by molar-refractivity contribution is -0.136. The lowest BCUT2D eigenvalue weighted by atomic mass is 9.94. The van der Waals surface area contributed by atoms with E-state index in [4.69, 9.17) is 14.6 Å². The number of benzene rings is 2. The van der Waals surface area contributed by atoms with E-state index in [1.165, 1.54) is 19.3 Å². The number of aliphatic carboxylic acids is 1. The molecule has 0 aromatic heterocycles. The molecular weight excluding hydrogens is 460 g/mol. The Bertz CT molecular complexity index is 1040. The van der Waals surface area contributed by atoms with Crippen molar-refractivity contribution in [2.75, 3.05) is 20.1 Å². The molecular formula is C28H34N2O6. The highest BCUT2D eigenvalue weighted by molar-refractivity contribution is 5.94. The van der Waals surface area contributed by atoms with Crippen molar-refractivity contribution in [1.82, 2.24) is 9.80 Å². The van der Waals surface area contributed by atoms with Crippen LogP contribution in [0, 0.1) is 0 Å². The normalized spacial score (nSPS) is 16.9. The molecule has 0 bridgehead atoms. The first-order valence-corrected chi connectivity index (χ1v) is 12.7. The minimum atomic E-state index is -0.866. The Balaban J connectivity index is 1.22. The molecule has 0 spiro atoms. The maximum Gasteiger partial charge on any atom is 0.415 e. The van der Waals surface area contributed by atoms with Crippen LogP contribution < -0.4 is 9.47 Å². The third-order valence-electron chi connectivity index (χ3n) is 7.03. The Labute approximate surface area is 211 Å². The van der Waals surface area contributed by atoms with E-state index in [-0.39, 0.29) is 18.4 Å². The molecule has 1 N–H and O–H groups in total.